The highest BCUT2D eigenvalue weighted by Gasteiger charge is 2.33. The summed E-state index contributed by atoms with van der Waals surface area (Å²) in [7, 11) is 0. The zero-order valence-corrected chi connectivity index (χ0v) is 14.2. The number of ether oxygens (including phenoxy) is 1. The van der Waals surface area contributed by atoms with Gasteiger partial charge in [-0.1, -0.05) is 60.7 Å². The number of para-hydroxylation sites is 2. The molecule has 1 amide bonds. The van der Waals surface area contributed by atoms with Crippen molar-refractivity contribution in [3.05, 3.63) is 84.4 Å². The van der Waals surface area contributed by atoms with Crippen LogP contribution in [0.25, 0.3) is 11.1 Å². The largest absolute Gasteiger partial charge is 0.483 e. The Bertz CT molecular complexity index is 924. The molecule has 0 spiro atoms. The third-order valence-corrected chi connectivity index (χ3v) is 3.84. The summed E-state index contributed by atoms with van der Waals surface area (Å²) in [6.07, 6.45) is -4.55. The highest BCUT2D eigenvalue weighted by atomic mass is 19.4. The summed E-state index contributed by atoms with van der Waals surface area (Å²) >= 11 is 0. The average molecular weight is 371 g/mol. The van der Waals surface area contributed by atoms with Crippen LogP contribution < -0.4 is 10.1 Å². The summed E-state index contributed by atoms with van der Waals surface area (Å²) in [6.45, 7) is -0.407. The van der Waals surface area contributed by atoms with Crippen molar-refractivity contribution in [1.82, 2.24) is 0 Å². The van der Waals surface area contributed by atoms with Gasteiger partial charge in [0.1, 0.15) is 5.75 Å². The molecule has 0 radical (unpaired) electrons. The Morgan fingerprint density at radius 3 is 2.22 bits per heavy atom. The van der Waals surface area contributed by atoms with E-state index in [0.29, 0.717) is 5.75 Å². The number of nitrogens with one attached hydrogen (secondary N) is 1. The number of anilines is 1. The van der Waals surface area contributed by atoms with Crippen molar-refractivity contribution in [2.45, 2.75) is 6.18 Å². The van der Waals surface area contributed by atoms with Gasteiger partial charge in [-0.2, -0.15) is 13.2 Å². The maximum Gasteiger partial charge on any atom is 0.418 e. The smallest absolute Gasteiger partial charge is 0.418 e. The molecule has 3 nitrogen and oxygen atoms in total. The first-order chi connectivity index (χ1) is 12.9. The van der Waals surface area contributed by atoms with E-state index in [1.54, 1.807) is 12.1 Å². The Hall–Kier alpha value is -3.28. The Kier molecular flexibility index (Phi) is 5.45. The lowest BCUT2D eigenvalue weighted by Gasteiger charge is -2.15. The van der Waals surface area contributed by atoms with Crippen molar-refractivity contribution in [3.63, 3.8) is 0 Å². The van der Waals surface area contributed by atoms with Gasteiger partial charge in [0.2, 0.25) is 0 Å². The molecule has 0 fully saturated rings. The molecule has 0 aliphatic rings. The number of alkyl halides is 3. The van der Waals surface area contributed by atoms with Crippen molar-refractivity contribution < 1.29 is 22.7 Å². The maximum absolute atomic E-state index is 13.0. The number of carbonyl (C=O) groups excluding carboxylic acids is 1. The summed E-state index contributed by atoms with van der Waals surface area (Å²) in [5.74, 6) is -0.197. The van der Waals surface area contributed by atoms with Crippen molar-refractivity contribution in [1.29, 1.82) is 0 Å². The number of halogens is 3. The standard InChI is InChI=1S/C21H16F3NO2/c22-21(23,24)17-11-5-6-12-18(17)25-20(26)14-27-19-13-7-4-10-16(19)15-8-2-1-3-9-15/h1-13H,14H2,(H,25,26). The van der Waals surface area contributed by atoms with Gasteiger partial charge in [-0.3, -0.25) is 4.79 Å². The minimum Gasteiger partial charge on any atom is -0.483 e. The summed E-state index contributed by atoms with van der Waals surface area (Å²) in [5.41, 5.74) is 0.510. The van der Waals surface area contributed by atoms with Crippen molar-refractivity contribution in [3.8, 4) is 16.9 Å². The van der Waals surface area contributed by atoms with Crippen LogP contribution in [0.15, 0.2) is 78.9 Å². The molecule has 0 aliphatic carbocycles. The lowest BCUT2D eigenvalue weighted by molar-refractivity contribution is -0.137. The molecule has 138 valence electrons. The number of benzene rings is 3. The Morgan fingerprint density at radius 2 is 1.48 bits per heavy atom. The monoisotopic (exact) mass is 371 g/mol. The van der Waals surface area contributed by atoms with E-state index in [-0.39, 0.29) is 5.69 Å². The summed E-state index contributed by atoms with van der Waals surface area (Å²) < 4.78 is 44.6. The van der Waals surface area contributed by atoms with Crippen LogP contribution in [0.3, 0.4) is 0 Å². The van der Waals surface area contributed by atoms with Gasteiger partial charge < -0.3 is 10.1 Å². The summed E-state index contributed by atoms with van der Waals surface area (Å²) in [4.78, 5) is 12.1. The second-order valence-electron chi connectivity index (χ2n) is 5.74. The highest BCUT2D eigenvalue weighted by Crippen LogP contribution is 2.34. The number of amides is 1. The molecule has 0 saturated carbocycles. The zero-order chi connectivity index (χ0) is 19.3. The molecule has 0 aliphatic heterocycles. The van der Waals surface area contributed by atoms with Crippen molar-refractivity contribution in [2.75, 3.05) is 11.9 Å². The molecular formula is C21H16F3NO2. The predicted molar refractivity (Wildman–Crippen MR) is 97.4 cm³/mol. The first kappa shape index (κ1) is 18.5. The maximum atomic E-state index is 13.0. The SMILES string of the molecule is O=C(COc1ccccc1-c1ccccc1)Nc1ccccc1C(F)(F)F. The second kappa shape index (κ2) is 7.95. The Morgan fingerprint density at radius 1 is 0.852 bits per heavy atom. The molecule has 3 aromatic rings. The third-order valence-electron chi connectivity index (χ3n) is 3.84. The van der Waals surface area contributed by atoms with E-state index in [1.807, 2.05) is 42.5 Å². The molecular weight excluding hydrogens is 355 g/mol. The van der Waals surface area contributed by atoms with Crippen molar-refractivity contribution >= 4 is 11.6 Å². The van der Waals surface area contributed by atoms with E-state index in [2.05, 4.69) is 5.32 Å². The first-order valence-electron chi connectivity index (χ1n) is 8.18. The van der Waals surface area contributed by atoms with Crippen LogP contribution >= 0.6 is 0 Å². The van der Waals surface area contributed by atoms with Crippen LogP contribution in [0.5, 0.6) is 5.75 Å². The highest BCUT2D eigenvalue weighted by molar-refractivity contribution is 5.92. The van der Waals surface area contributed by atoms with Gasteiger partial charge in [0.05, 0.1) is 11.3 Å². The first-order valence-corrected chi connectivity index (χ1v) is 8.18. The number of carbonyl (C=O) groups is 1. The van der Waals surface area contributed by atoms with Gasteiger partial charge in [-0.25, -0.2) is 0 Å². The van der Waals surface area contributed by atoms with Crippen LogP contribution in [0.1, 0.15) is 5.56 Å². The van der Waals surface area contributed by atoms with Crippen molar-refractivity contribution in [2.24, 2.45) is 0 Å². The van der Waals surface area contributed by atoms with E-state index in [4.69, 9.17) is 4.74 Å². The van der Waals surface area contributed by atoms with E-state index >= 15 is 0 Å². The summed E-state index contributed by atoms with van der Waals surface area (Å²) in [6, 6.07) is 21.4. The average Bonchev–Trinajstić information content (AvgIpc) is 2.67. The van der Waals surface area contributed by atoms with E-state index in [0.717, 1.165) is 17.2 Å². The fourth-order valence-corrected chi connectivity index (χ4v) is 2.62. The van der Waals surface area contributed by atoms with Crippen LogP contribution in [0.4, 0.5) is 18.9 Å². The lowest BCUT2D eigenvalue weighted by atomic mass is 10.1. The summed E-state index contributed by atoms with van der Waals surface area (Å²) in [5, 5.41) is 2.26. The second-order valence-corrected chi connectivity index (χ2v) is 5.74. The topological polar surface area (TPSA) is 38.3 Å². The third kappa shape index (κ3) is 4.67. The predicted octanol–water partition coefficient (Wildman–Crippen LogP) is 5.39. The molecule has 0 aromatic heterocycles. The normalized spacial score (nSPS) is 11.1. The Balaban J connectivity index is 1.71. The molecule has 0 bridgehead atoms. The number of rotatable bonds is 5. The lowest BCUT2D eigenvalue weighted by Crippen LogP contribution is -2.22. The van der Waals surface area contributed by atoms with Crippen LogP contribution in [-0.4, -0.2) is 12.5 Å². The molecule has 0 atom stereocenters. The number of hydrogen-bond acceptors (Lipinski definition) is 2. The molecule has 0 unspecified atom stereocenters. The fraction of sp³-hybridized carbons (Fsp3) is 0.0952. The van der Waals surface area contributed by atoms with Crippen LogP contribution in [0.2, 0.25) is 0 Å². The van der Waals surface area contributed by atoms with Gasteiger partial charge in [-0.15, -0.1) is 0 Å². The zero-order valence-electron chi connectivity index (χ0n) is 14.2. The van der Waals surface area contributed by atoms with E-state index in [9.17, 15) is 18.0 Å². The van der Waals surface area contributed by atoms with E-state index in [1.165, 1.54) is 18.2 Å². The molecule has 0 heterocycles. The van der Waals surface area contributed by atoms with Gasteiger partial charge in [-0.05, 0) is 23.8 Å². The molecule has 1 N–H and O–H groups in total. The quantitative estimate of drug-likeness (QED) is 0.653. The minimum atomic E-state index is -4.55. The fourth-order valence-electron chi connectivity index (χ4n) is 2.62. The van der Waals surface area contributed by atoms with E-state index < -0.39 is 24.3 Å². The molecule has 0 saturated heterocycles. The van der Waals surface area contributed by atoms with Gasteiger partial charge in [0, 0.05) is 5.56 Å². The minimum absolute atomic E-state index is 0.296. The van der Waals surface area contributed by atoms with Crippen LogP contribution in [-0.2, 0) is 11.0 Å². The Labute approximate surface area is 154 Å². The molecule has 3 rings (SSSR count). The molecule has 6 heteroatoms. The van der Waals surface area contributed by atoms with Crippen LogP contribution in [0, 0.1) is 0 Å². The van der Waals surface area contributed by atoms with Gasteiger partial charge >= 0.3 is 6.18 Å². The number of hydrogen-bond donors (Lipinski definition) is 1. The van der Waals surface area contributed by atoms with Gasteiger partial charge in [0.25, 0.3) is 5.91 Å². The molecule has 3 aromatic carbocycles. The molecule has 27 heavy (non-hydrogen) atoms. The van der Waals surface area contributed by atoms with Gasteiger partial charge in [0.15, 0.2) is 6.61 Å².